The number of carboxylic acid groups (broad SMARTS) is 2. The predicted octanol–water partition coefficient (Wildman–Crippen LogP) is -2.72. The third-order valence-corrected chi connectivity index (χ3v) is 0.850. The SMILES string of the molecule is O=C(O)O.O=S(=O)([O-])C(F)(F)F.[Li+]. The summed E-state index contributed by atoms with van der Waals surface area (Å²) in [7, 11) is -6.09. The summed E-state index contributed by atoms with van der Waals surface area (Å²) in [6.07, 6.45) is -1.83. The zero-order valence-corrected chi connectivity index (χ0v) is 6.89. The van der Waals surface area contributed by atoms with E-state index in [0.717, 1.165) is 0 Å². The van der Waals surface area contributed by atoms with Gasteiger partial charge < -0.3 is 14.8 Å². The van der Waals surface area contributed by atoms with Gasteiger partial charge in [-0.2, -0.15) is 13.2 Å². The van der Waals surface area contributed by atoms with Crippen LogP contribution in [0.3, 0.4) is 0 Å². The van der Waals surface area contributed by atoms with Crippen LogP contribution < -0.4 is 18.9 Å². The third-order valence-electron chi connectivity index (χ3n) is 0.283. The van der Waals surface area contributed by atoms with Crippen LogP contribution >= 0.6 is 0 Å². The fraction of sp³-hybridized carbons (Fsp3) is 0.500. The Morgan fingerprint density at radius 2 is 1.31 bits per heavy atom. The molecule has 0 aliphatic carbocycles. The van der Waals surface area contributed by atoms with Crippen molar-refractivity contribution < 1.29 is 60.0 Å². The molecular weight excluding hydrogens is 216 g/mol. The van der Waals surface area contributed by atoms with Crippen LogP contribution in [0.4, 0.5) is 18.0 Å². The molecule has 2 N–H and O–H groups in total. The van der Waals surface area contributed by atoms with Gasteiger partial charge in [0.2, 0.25) is 0 Å². The van der Waals surface area contributed by atoms with Crippen molar-refractivity contribution in [1.29, 1.82) is 0 Å². The van der Waals surface area contributed by atoms with Crippen LogP contribution in [0.25, 0.3) is 0 Å². The van der Waals surface area contributed by atoms with Crippen molar-refractivity contribution in [2.45, 2.75) is 5.51 Å². The number of hydrogen-bond acceptors (Lipinski definition) is 4. The van der Waals surface area contributed by atoms with E-state index < -0.39 is 21.8 Å². The Hall–Kier alpha value is -0.433. The summed E-state index contributed by atoms with van der Waals surface area (Å²) in [5.41, 5.74) is -5.65. The molecule has 0 spiro atoms. The standard InChI is InChI=1S/CHF3O3S.CH2O3.Li/c2-1(3,4)8(5,6)7;2-1(3)4;/h(H,5,6,7);(H2,2,3,4);/q;;+1/p-1. The van der Waals surface area contributed by atoms with Gasteiger partial charge in [-0.25, -0.2) is 13.2 Å². The van der Waals surface area contributed by atoms with Crippen LogP contribution in [0.15, 0.2) is 0 Å². The van der Waals surface area contributed by atoms with Crippen LogP contribution in [0.1, 0.15) is 0 Å². The average molecular weight is 218 g/mol. The first kappa shape index (κ1) is 18.4. The van der Waals surface area contributed by atoms with Gasteiger partial charge in [-0.05, 0) is 0 Å². The van der Waals surface area contributed by atoms with Gasteiger partial charge in [-0.1, -0.05) is 0 Å². The molecule has 0 aliphatic rings. The fourth-order valence-corrected chi connectivity index (χ4v) is 0. The molecule has 0 bridgehead atoms. The number of carbonyl (C=O) groups is 1. The minimum Gasteiger partial charge on any atom is -0.741 e. The first-order chi connectivity index (χ1) is 4.98. The second-order valence-corrected chi connectivity index (χ2v) is 2.55. The second kappa shape index (κ2) is 6.09. The van der Waals surface area contributed by atoms with Gasteiger partial charge in [0.1, 0.15) is 0 Å². The van der Waals surface area contributed by atoms with Crippen LogP contribution in [-0.2, 0) is 10.1 Å². The minimum absolute atomic E-state index is 0. The summed E-state index contributed by atoms with van der Waals surface area (Å²) in [6, 6.07) is 0. The van der Waals surface area contributed by atoms with Gasteiger partial charge in [0.25, 0.3) is 0 Å². The van der Waals surface area contributed by atoms with E-state index >= 15 is 0 Å². The molecule has 0 aromatic carbocycles. The molecule has 0 fully saturated rings. The molecule has 0 unspecified atom stereocenters. The summed E-state index contributed by atoms with van der Waals surface area (Å²) in [6.45, 7) is 0. The Morgan fingerprint density at radius 3 is 1.31 bits per heavy atom. The first-order valence-electron chi connectivity index (χ1n) is 1.92. The number of hydrogen-bond donors (Lipinski definition) is 2. The summed E-state index contributed by atoms with van der Waals surface area (Å²) in [5, 5.41) is 13.9. The second-order valence-electron chi connectivity index (χ2n) is 1.18. The summed E-state index contributed by atoms with van der Waals surface area (Å²) >= 11 is 0. The van der Waals surface area contributed by atoms with Crippen molar-refractivity contribution in [3.8, 4) is 0 Å². The molecule has 13 heavy (non-hydrogen) atoms. The monoisotopic (exact) mass is 218 g/mol. The predicted molar refractivity (Wildman–Crippen MR) is 26.4 cm³/mol. The van der Waals surface area contributed by atoms with Crippen LogP contribution in [0.5, 0.6) is 0 Å². The van der Waals surface area contributed by atoms with E-state index in [1.807, 2.05) is 0 Å². The zero-order chi connectivity index (χ0) is 10.6. The van der Waals surface area contributed by atoms with Crippen LogP contribution in [-0.4, -0.2) is 34.8 Å². The molecule has 0 heterocycles. The summed E-state index contributed by atoms with van der Waals surface area (Å²) < 4.78 is 58.9. The summed E-state index contributed by atoms with van der Waals surface area (Å²) in [4.78, 5) is 8.56. The van der Waals surface area contributed by atoms with Gasteiger partial charge in [0.15, 0.2) is 10.1 Å². The third kappa shape index (κ3) is 14.4. The number of rotatable bonds is 0. The van der Waals surface area contributed by atoms with Gasteiger partial charge in [-0.15, -0.1) is 0 Å². The molecule has 0 saturated heterocycles. The Labute approximate surface area is 82.3 Å². The summed E-state index contributed by atoms with van der Waals surface area (Å²) in [5.74, 6) is 0. The average Bonchev–Trinajstić information content (AvgIpc) is 1.55. The van der Waals surface area contributed by atoms with E-state index in [2.05, 4.69) is 0 Å². The maximum Gasteiger partial charge on any atom is 1.00 e. The van der Waals surface area contributed by atoms with Crippen LogP contribution in [0, 0.1) is 0 Å². The number of alkyl halides is 3. The molecule has 0 atom stereocenters. The molecule has 0 aromatic heterocycles. The van der Waals surface area contributed by atoms with Crippen molar-refractivity contribution in [2.24, 2.45) is 0 Å². The quantitative estimate of drug-likeness (QED) is 0.259. The maximum atomic E-state index is 10.7. The van der Waals surface area contributed by atoms with Crippen molar-refractivity contribution in [2.75, 3.05) is 0 Å². The van der Waals surface area contributed by atoms with E-state index in [1.54, 1.807) is 0 Å². The Kier molecular flexibility index (Phi) is 8.60. The molecule has 0 saturated carbocycles. The maximum absolute atomic E-state index is 10.7. The van der Waals surface area contributed by atoms with Crippen molar-refractivity contribution in [3.05, 3.63) is 0 Å². The Morgan fingerprint density at radius 1 is 1.23 bits per heavy atom. The normalized spacial score (nSPS) is 10.5. The van der Waals surface area contributed by atoms with Crippen LogP contribution in [0.2, 0.25) is 0 Å². The van der Waals surface area contributed by atoms with E-state index in [4.69, 9.17) is 28.0 Å². The van der Waals surface area contributed by atoms with E-state index in [0.29, 0.717) is 0 Å². The minimum atomic E-state index is -6.09. The van der Waals surface area contributed by atoms with E-state index in [-0.39, 0.29) is 18.9 Å². The molecule has 11 heteroatoms. The molecule has 6 nitrogen and oxygen atoms in total. The Bertz CT molecular complexity index is 239. The van der Waals surface area contributed by atoms with Crippen molar-refractivity contribution in [3.63, 3.8) is 0 Å². The topological polar surface area (TPSA) is 115 Å². The first-order valence-corrected chi connectivity index (χ1v) is 3.33. The van der Waals surface area contributed by atoms with Gasteiger partial charge >= 0.3 is 30.5 Å². The number of halogens is 3. The van der Waals surface area contributed by atoms with Crippen molar-refractivity contribution >= 4 is 16.3 Å². The fourth-order valence-electron chi connectivity index (χ4n) is 0. The van der Waals surface area contributed by atoms with E-state index in [1.165, 1.54) is 0 Å². The van der Waals surface area contributed by atoms with Gasteiger partial charge in [-0.3, -0.25) is 0 Å². The smallest absolute Gasteiger partial charge is 0.741 e. The molecule has 0 amide bonds. The van der Waals surface area contributed by atoms with Gasteiger partial charge in [0, 0.05) is 0 Å². The molecule has 0 radical (unpaired) electrons. The largest absolute Gasteiger partial charge is 1.00 e. The Balaban J connectivity index is -0.000000173. The van der Waals surface area contributed by atoms with E-state index in [9.17, 15) is 13.2 Å². The van der Waals surface area contributed by atoms with Gasteiger partial charge in [0.05, 0.1) is 0 Å². The molecule has 0 aliphatic heterocycles. The molecular formula is C2H2F3LiO6S. The zero-order valence-electron chi connectivity index (χ0n) is 6.07. The molecule has 0 aromatic rings. The molecule has 74 valence electrons. The molecule has 0 rings (SSSR count). The van der Waals surface area contributed by atoms with Crippen molar-refractivity contribution in [1.82, 2.24) is 0 Å².